The number of pyridine rings is 1. The zero-order chi connectivity index (χ0) is 22.1. The number of aromatic nitrogens is 2. The molecule has 162 valence electrons. The lowest BCUT2D eigenvalue weighted by Gasteiger charge is -2.19. The van der Waals surface area contributed by atoms with Crippen molar-refractivity contribution in [3.63, 3.8) is 0 Å². The Morgan fingerprint density at radius 2 is 2.09 bits per heavy atom. The smallest absolute Gasteiger partial charge is 0.252 e. The molecule has 1 N–H and O–H groups in total. The van der Waals surface area contributed by atoms with Crippen LogP contribution in [0.25, 0.3) is 16.6 Å². The lowest BCUT2D eigenvalue weighted by Crippen LogP contribution is -2.42. The third kappa shape index (κ3) is 3.73. The van der Waals surface area contributed by atoms with Crippen molar-refractivity contribution in [2.24, 2.45) is 0 Å². The van der Waals surface area contributed by atoms with Crippen LogP contribution in [-0.2, 0) is 17.6 Å². The van der Waals surface area contributed by atoms with E-state index in [0.29, 0.717) is 17.2 Å². The Bertz CT molecular complexity index is 1240. The number of nitrogens with zero attached hydrogens (tertiary/aromatic N) is 4. The average Bonchev–Trinajstić information content (AvgIpc) is 3.48. The van der Waals surface area contributed by atoms with E-state index in [0.717, 1.165) is 29.4 Å². The minimum Gasteiger partial charge on any atom is -0.343 e. The van der Waals surface area contributed by atoms with Crippen molar-refractivity contribution in [1.29, 1.82) is 5.26 Å². The maximum absolute atomic E-state index is 13.0. The number of benzene rings is 1. The first kappa shape index (κ1) is 20.6. The summed E-state index contributed by atoms with van der Waals surface area (Å²) in [6.45, 7) is -0.133. The van der Waals surface area contributed by atoms with Gasteiger partial charge in [-0.3, -0.25) is 14.6 Å². The van der Waals surface area contributed by atoms with Crippen LogP contribution in [0.15, 0.2) is 42.7 Å². The maximum atomic E-state index is 13.0. The standard InChI is InChI=1S/C24H23N5O2S/c25-12-18-14-32-15-29(18)23(30)13-27-24(31)19-7-9-26-21-6-5-17(11-20(19)21)28-10-8-16-3-1-2-4-22(16)28/h5-11,18H,1-4,13-15H2,(H,27,31)/t18-/m1/s1. The molecule has 3 aromatic rings. The molecule has 1 saturated heterocycles. The second-order valence-corrected chi connectivity index (χ2v) is 9.12. The molecule has 32 heavy (non-hydrogen) atoms. The molecule has 1 atom stereocenters. The Balaban J connectivity index is 1.40. The number of nitriles is 1. The van der Waals surface area contributed by atoms with E-state index in [1.807, 2.05) is 18.2 Å². The Morgan fingerprint density at radius 3 is 2.97 bits per heavy atom. The van der Waals surface area contributed by atoms with Crippen molar-refractivity contribution in [3.8, 4) is 11.8 Å². The largest absolute Gasteiger partial charge is 0.343 e. The molecular weight excluding hydrogens is 422 g/mol. The van der Waals surface area contributed by atoms with Crippen molar-refractivity contribution < 1.29 is 9.59 Å². The van der Waals surface area contributed by atoms with Gasteiger partial charge in [-0.2, -0.15) is 5.26 Å². The van der Waals surface area contributed by atoms with Crippen LogP contribution in [0.2, 0.25) is 0 Å². The first-order valence-corrected chi connectivity index (χ1v) is 11.9. The molecule has 1 aliphatic carbocycles. The zero-order valence-electron chi connectivity index (χ0n) is 17.6. The summed E-state index contributed by atoms with van der Waals surface area (Å²) in [5, 5.41) is 12.7. The second kappa shape index (κ2) is 8.67. The number of carbonyl (C=O) groups excluding carboxylic acids is 2. The van der Waals surface area contributed by atoms with Gasteiger partial charge in [0.2, 0.25) is 5.91 Å². The Kier molecular flexibility index (Phi) is 5.58. The van der Waals surface area contributed by atoms with E-state index in [1.54, 1.807) is 24.0 Å². The summed E-state index contributed by atoms with van der Waals surface area (Å²) < 4.78 is 2.21. The molecule has 1 fully saturated rings. The molecule has 2 aromatic heterocycles. The molecule has 8 heteroatoms. The van der Waals surface area contributed by atoms with Gasteiger partial charge in [0.1, 0.15) is 6.04 Å². The van der Waals surface area contributed by atoms with Crippen LogP contribution >= 0.6 is 11.8 Å². The van der Waals surface area contributed by atoms with E-state index >= 15 is 0 Å². The number of fused-ring (bicyclic) bond motifs is 2. The lowest BCUT2D eigenvalue weighted by atomic mass is 9.98. The summed E-state index contributed by atoms with van der Waals surface area (Å²) in [7, 11) is 0. The highest BCUT2D eigenvalue weighted by molar-refractivity contribution is 7.99. The number of nitrogens with one attached hydrogen (secondary N) is 1. The molecule has 1 aliphatic heterocycles. The summed E-state index contributed by atoms with van der Waals surface area (Å²) in [5.74, 6) is 0.526. The summed E-state index contributed by atoms with van der Waals surface area (Å²) in [6.07, 6.45) is 8.30. The number of amides is 2. The first-order valence-electron chi connectivity index (χ1n) is 10.8. The predicted octanol–water partition coefficient (Wildman–Crippen LogP) is 3.06. The van der Waals surface area contributed by atoms with Crippen molar-refractivity contribution in [3.05, 3.63) is 59.5 Å². The monoisotopic (exact) mass is 445 g/mol. The maximum Gasteiger partial charge on any atom is 0.252 e. The quantitative estimate of drug-likeness (QED) is 0.667. The number of carbonyl (C=O) groups is 2. The zero-order valence-corrected chi connectivity index (χ0v) is 18.4. The van der Waals surface area contributed by atoms with E-state index in [2.05, 4.69) is 33.2 Å². The van der Waals surface area contributed by atoms with E-state index in [9.17, 15) is 14.9 Å². The Morgan fingerprint density at radius 1 is 1.22 bits per heavy atom. The molecule has 3 heterocycles. The van der Waals surface area contributed by atoms with Crippen molar-refractivity contribution >= 4 is 34.5 Å². The average molecular weight is 446 g/mol. The highest BCUT2D eigenvalue weighted by Gasteiger charge is 2.29. The lowest BCUT2D eigenvalue weighted by molar-refractivity contribution is -0.129. The van der Waals surface area contributed by atoms with Gasteiger partial charge < -0.3 is 14.8 Å². The van der Waals surface area contributed by atoms with Gasteiger partial charge in [0.15, 0.2) is 0 Å². The van der Waals surface area contributed by atoms with Crippen molar-refractivity contribution in [2.45, 2.75) is 31.7 Å². The van der Waals surface area contributed by atoms with Crippen LogP contribution in [0.3, 0.4) is 0 Å². The summed E-state index contributed by atoms with van der Waals surface area (Å²) >= 11 is 1.54. The molecule has 0 saturated carbocycles. The highest BCUT2D eigenvalue weighted by Crippen LogP contribution is 2.27. The number of rotatable bonds is 4. The van der Waals surface area contributed by atoms with Crippen LogP contribution < -0.4 is 5.32 Å². The van der Waals surface area contributed by atoms with Crippen molar-refractivity contribution in [2.75, 3.05) is 18.2 Å². The third-order valence-electron chi connectivity index (χ3n) is 6.20. The molecule has 0 spiro atoms. The molecule has 2 aliphatic rings. The number of thioether (sulfide) groups is 1. The highest BCUT2D eigenvalue weighted by atomic mass is 32.2. The van der Waals surface area contributed by atoms with Gasteiger partial charge in [-0.1, -0.05) is 0 Å². The predicted molar refractivity (Wildman–Crippen MR) is 124 cm³/mol. The van der Waals surface area contributed by atoms with Gasteiger partial charge in [-0.05, 0) is 61.6 Å². The summed E-state index contributed by atoms with van der Waals surface area (Å²) in [4.78, 5) is 31.4. The van der Waals surface area contributed by atoms with Crippen LogP contribution in [0.5, 0.6) is 0 Å². The fourth-order valence-corrected chi connectivity index (χ4v) is 5.60. The van der Waals surface area contributed by atoms with Crippen LogP contribution in [0, 0.1) is 11.3 Å². The van der Waals surface area contributed by atoms with Gasteiger partial charge >= 0.3 is 0 Å². The summed E-state index contributed by atoms with van der Waals surface area (Å²) in [6, 6.07) is 11.5. The Hall–Kier alpha value is -3.31. The van der Waals surface area contributed by atoms with E-state index in [-0.39, 0.29) is 18.4 Å². The van der Waals surface area contributed by atoms with Gasteiger partial charge in [-0.15, -0.1) is 11.8 Å². The van der Waals surface area contributed by atoms with Gasteiger partial charge in [0.25, 0.3) is 5.91 Å². The minimum absolute atomic E-state index is 0.133. The SMILES string of the molecule is N#C[C@@H]1CSCN1C(=O)CNC(=O)c1ccnc2ccc(-n3ccc4c3CCCC4)cc12. The molecule has 2 amide bonds. The van der Waals surface area contributed by atoms with E-state index in [1.165, 1.54) is 29.0 Å². The van der Waals surface area contributed by atoms with Gasteiger partial charge in [-0.25, -0.2) is 0 Å². The van der Waals surface area contributed by atoms with E-state index in [4.69, 9.17) is 0 Å². The number of hydrogen-bond donors (Lipinski definition) is 1. The number of aryl methyl sites for hydroxylation is 1. The Labute approximate surface area is 190 Å². The van der Waals surface area contributed by atoms with Crippen LogP contribution in [-0.4, -0.2) is 50.5 Å². The molecule has 0 bridgehead atoms. The van der Waals surface area contributed by atoms with Crippen LogP contribution in [0.1, 0.15) is 34.5 Å². The van der Waals surface area contributed by atoms with Crippen molar-refractivity contribution in [1.82, 2.24) is 19.8 Å². The minimum atomic E-state index is -0.429. The number of hydrogen-bond acceptors (Lipinski definition) is 5. The molecule has 7 nitrogen and oxygen atoms in total. The molecule has 1 aromatic carbocycles. The van der Waals surface area contributed by atoms with Crippen LogP contribution in [0.4, 0.5) is 0 Å². The van der Waals surface area contributed by atoms with Gasteiger partial charge in [0.05, 0.1) is 29.6 Å². The first-order chi connectivity index (χ1) is 15.7. The van der Waals surface area contributed by atoms with Gasteiger partial charge in [0, 0.05) is 34.9 Å². The fourth-order valence-electron chi connectivity index (χ4n) is 4.49. The molecule has 0 radical (unpaired) electrons. The molecular formula is C24H23N5O2S. The summed E-state index contributed by atoms with van der Waals surface area (Å²) in [5.41, 5.74) is 4.96. The third-order valence-corrected chi connectivity index (χ3v) is 7.21. The second-order valence-electron chi connectivity index (χ2n) is 8.12. The van der Waals surface area contributed by atoms with E-state index < -0.39 is 6.04 Å². The topological polar surface area (TPSA) is 91.0 Å². The normalized spacial score (nSPS) is 17.7. The molecule has 5 rings (SSSR count). The molecule has 0 unspecified atom stereocenters. The fraction of sp³-hybridized carbons (Fsp3) is 0.333.